The minimum absolute atomic E-state index is 0.548. The fraction of sp³-hybridized carbons (Fsp3) is 0.375. The number of nitrogens with zero attached hydrogens (tertiary/aromatic N) is 1. The number of nitriles is 1. The highest BCUT2D eigenvalue weighted by Gasteiger charge is 2.01. The fourth-order valence-electron chi connectivity index (χ4n) is 0.714. The molecular formula is C8H9NS. The van der Waals surface area contributed by atoms with Crippen molar-refractivity contribution in [3.05, 3.63) is 21.9 Å². The molecule has 1 nitrogen and oxygen atoms in total. The first-order chi connectivity index (χ1) is 4.74. The number of thiophene rings is 1. The highest BCUT2D eigenvalue weighted by molar-refractivity contribution is 7.10. The van der Waals surface area contributed by atoms with Crippen molar-refractivity contribution in [1.29, 1.82) is 5.26 Å². The van der Waals surface area contributed by atoms with Crippen molar-refractivity contribution in [3.63, 3.8) is 0 Å². The number of rotatable bonds is 1. The lowest BCUT2D eigenvalue weighted by atomic mass is 10.1. The molecule has 1 aromatic heterocycles. The molecule has 10 heavy (non-hydrogen) atoms. The van der Waals surface area contributed by atoms with E-state index in [4.69, 9.17) is 5.26 Å². The largest absolute Gasteiger partial charge is 0.192 e. The summed E-state index contributed by atoms with van der Waals surface area (Å²) in [4.78, 5) is 1.29. The maximum Gasteiger partial charge on any atom is 0.100 e. The van der Waals surface area contributed by atoms with Gasteiger partial charge in [0.2, 0.25) is 0 Å². The van der Waals surface area contributed by atoms with E-state index in [2.05, 4.69) is 19.9 Å². The van der Waals surface area contributed by atoms with E-state index in [-0.39, 0.29) is 0 Å². The van der Waals surface area contributed by atoms with Crippen molar-refractivity contribution < 1.29 is 0 Å². The van der Waals surface area contributed by atoms with Crippen LogP contribution in [0.4, 0.5) is 0 Å². The zero-order valence-electron chi connectivity index (χ0n) is 6.09. The lowest BCUT2D eigenvalue weighted by molar-refractivity contribution is 0.889. The molecule has 0 saturated heterocycles. The van der Waals surface area contributed by atoms with E-state index >= 15 is 0 Å². The van der Waals surface area contributed by atoms with Gasteiger partial charge < -0.3 is 0 Å². The van der Waals surface area contributed by atoms with Gasteiger partial charge in [-0.1, -0.05) is 13.8 Å². The van der Waals surface area contributed by atoms with Gasteiger partial charge in [-0.2, -0.15) is 5.26 Å². The molecule has 0 fully saturated rings. The van der Waals surface area contributed by atoms with E-state index in [1.807, 2.05) is 11.4 Å². The Hall–Kier alpha value is -0.810. The third kappa shape index (κ3) is 1.37. The third-order valence-electron chi connectivity index (χ3n) is 1.32. The first kappa shape index (κ1) is 7.30. The van der Waals surface area contributed by atoms with Gasteiger partial charge in [-0.3, -0.25) is 0 Å². The van der Waals surface area contributed by atoms with Gasteiger partial charge in [-0.05, 0) is 12.0 Å². The molecule has 0 aliphatic heterocycles. The zero-order chi connectivity index (χ0) is 7.56. The van der Waals surface area contributed by atoms with Gasteiger partial charge in [0, 0.05) is 10.3 Å². The van der Waals surface area contributed by atoms with Gasteiger partial charge >= 0.3 is 0 Å². The Morgan fingerprint density at radius 2 is 2.30 bits per heavy atom. The maximum absolute atomic E-state index is 8.49. The average Bonchev–Trinajstić information content (AvgIpc) is 2.34. The minimum Gasteiger partial charge on any atom is -0.192 e. The van der Waals surface area contributed by atoms with Crippen molar-refractivity contribution in [2.24, 2.45) is 0 Å². The normalized spacial score (nSPS) is 9.80. The lowest BCUT2D eigenvalue weighted by Gasteiger charge is -1.95. The predicted molar refractivity (Wildman–Crippen MR) is 43.1 cm³/mol. The van der Waals surface area contributed by atoms with Crippen molar-refractivity contribution >= 4 is 11.3 Å². The monoisotopic (exact) mass is 151 g/mol. The first-order valence-electron chi connectivity index (χ1n) is 3.22. The van der Waals surface area contributed by atoms with Gasteiger partial charge in [-0.25, -0.2) is 0 Å². The third-order valence-corrected chi connectivity index (χ3v) is 2.55. The molecule has 0 spiro atoms. The molecule has 52 valence electrons. The molecule has 1 rings (SSSR count). The summed E-state index contributed by atoms with van der Waals surface area (Å²) in [5.74, 6) is 0.548. The predicted octanol–water partition coefficient (Wildman–Crippen LogP) is 2.74. The second kappa shape index (κ2) is 2.85. The molecule has 0 aliphatic rings. The molecule has 0 aliphatic carbocycles. The van der Waals surface area contributed by atoms with E-state index in [0.29, 0.717) is 5.92 Å². The summed E-state index contributed by atoms with van der Waals surface area (Å²) >= 11 is 1.66. The molecule has 0 atom stereocenters. The Balaban J connectivity index is 2.91. The Morgan fingerprint density at radius 3 is 2.60 bits per heavy atom. The van der Waals surface area contributed by atoms with Crippen LogP contribution in [0, 0.1) is 11.3 Å². The summed E-state index contributed by atoms with van der Waals surface area (Å²) in [7, 11) is 0. The van der Waals surface area contributed by atoms with Crippen molar-refractivity contribution in [3.8, 4) is 6.07 Å². The summed E-state index contributed by atoms with van der Waals surface area (Å²) in [6.07, 6.45) is 0. The minimum atomic E-state index is 0.548. The smallest absolute Gasteiger partial charge is 0.100 e. The summed E-state index contributed by atoms with van der Waals surface area (Å²) in [6.45, 7) is 4.26. The Bertz CT molecular complexity index is 254. The zero-order valence-corrected chi connectivity index (χ0v) is 6.90. The SMILES string of the molecule is CC(C)c1cc(C#N)cs1. The van der Waals surface area contributed by atoms with E-state index in [0.717, 1.165) is 5.56 Å². The van der Waals surface area contributed by atoms with Crippen LogP contribution >= 0.6 is 11.3 Å². The van der Waals surface area contributed by atoms with Crippen molar-refractivity contribution in [2.45, 2.75) is 19.8 Å². The van der Waals surface area contributed by atoms with Crippen LogP contribution in [-0.4, -0.2) is 0 Å². The summed E-state index contributed by atoms with van der Waals surface area (Å²) < 4.78 is 0. The maximum atomic E-state index is 8.49. The van der Waals surface area contributed by atoms with Crippen LogP contribution in [0.15, 0.2) is 11.4 Å². The molecular weight excluding hydrogens is 142 g/mol. The summed E-state index contributed by atoms with van der Waals surface area (Å²) in [6, 6.07) is 4.07. The molecule has 0 saturated carbocycles. The van der Waals surface area contributed by atoms with Crippen LogP contribution < -0.4 is 0 Å². The van der Waals surface area contributed by atoms with Crippen LogP contribution in [0.25, 0.3) is 0 Å². The Morgan fingerprint density at radius 1 is 1.60 bits per heavy atom. The molecule has 1 heterocycles. The lowest BCUT2D eigenvalue weighted by Crippen LogP contribution is -1.78. The molecule has 0 bridgehead atoms. The van der Waals surface area contributed by atoms with Gasteiger partial charge in [0.25, 0.3) is 0 Å². The molecule has 2 heteroatoms. The average molecular weight is 151 g/mol. The molecule has 0 N–H and O–H groups in total. The van der Waals surface area contributed by atoms with Crippen molar-refractivity contribution in [2.75, 3.05) is 0 Å². The van der Waals surface area contributed by atoms with Crippen molar-refractivity contribution in [1.82, 2.24) is 0 Å². The second-order valence-electron chi connectivity index (χ2n) is 2.50. The summed E-state index contributed by atoms with van der Waals surface area (Å²) in [5.41, 5.74) is 0.786. The van der Waals surface area contributed by atoms with Crippen LogP contribution in [0.1, 0.15) is 30.2 Å². The number of hydrogen-bond acceptors (Lipinski definition) is 2. The van der Waals surface area contributed by atoms with E-state index in [1.165, 1.54) is 4.88 Å². The van der Waals surface area contributed by atoms with E-state index in [1.54, 1.807) is 11.3 Å². The molecule has 0 unspecified atom stereocenters. The van der Waals surface area contributed by atoms with Crippen LogP contribution in [-0.2, 0) is 0 Å². The van der Waals surface area contributed by atoms with Gasteiger partial charge in [0.1, 0.15) is 6.07 Å². The van der Waals surface area contributed by atoms with Crippen LogP contribution in [0.5, 0.6) is 0 Å². The Kier molecular flexibility index (Phi) is 2.08. The fourth-order valence-corrected chi connectivity index (χ4v) is 1.57. The van der Waals surface area contributed by atoms with Crippen LogP contribution in [0.2, 0.25) is 0 Å². The van der Waals surface area contributed by atoms with Crippen LogP contribution in [0.3, 0.4) is 0 Å². The molecule has 0 radical (unpaired) electrons. The second-order valence-corrected chi connectivity index (χ2v) is 3.45. The Labute approximate surface area is 64.9 Å². The molecule has 1 aromatic rings. The van der Waals surface area contributed by atoms with Gasteiger partial charge in [0.15, 0.2) is 0 Å². The first-order valence-corrected chi connectivity index (χ1v) is 4.10. The topological polar surface area (TPSA) is 23.8 Å². The number of hydrogen-bond donors (Lipinski definition) is 0. The molecule has 0 amide bonds. The standard InChI is InChI=1S/C8H9NS/c1-6(2)8-3-7(4-9)5-10-8/h3,5-6H,1-2H3. The highest BCUT2D eigenvalue weighted by atomic mass is 32.1. The molecule has 0 aromatic carbocycles. The van der Waals surface area contributed by atoms with Gasteiger partial charge in [-0.15, -0.1) is 11.3 Å². The summed E-state index contributed by atoms with van der Waals surface area (Å²) in [5, 5.41) is 10.4. The van der Waals surface area contributed by atoms with E-state index in [9.17, 15) is 0 Å². The van der Waals surface area contributed by atoms with Gasteiger partial charge in [0.05, 0.1) is 5.56 Å². The highest BCUT2D eigenvalue weighted by Crippen LogP contribution is 2.22. The quantitative estimate of drug-likeness (QED) is 0.605. The van der Waals surface area contributed by atoms with E-state index < -0.39 is 0 Å².